The summed E-state index contributed by atoms with van der Waals surface area (Å²) in [5.41, 5.74) is 0. The van der Waals surface area contributed by atoms with Gasteiger partial charge in [-0.05, 0) is 12.3 Å². The molecule has 0 unspecified atom stereocenters. The van der Waals surface area contributed by atoms with Crippen molar-refractivity contribution in [1.29, 1.82) is 0 Å². The van der Waals surface area contributed by atoms with Crippen LogP contribution in [-0.2, 0) is 4.79 Å². The Balaban J connectivity index is 3.06. The standard InChI is InChI=1S/C9H14O/c1-3-5-6-7-8-9(10)4-2/h2H,3,5-8H2,1H3. The molecule has 0 aromatic heterocycles. The molecule has 0 heterocycles. The van der Waals surface area contributed by atoms with Crippen LogP contribution in [-0.4, -0.2) is 5.78 Å². The minimum absolute atomic E-state index is 0.0592. The molecule has 0 saturated carbocycles. The van der Waals surface area contributed by atoms with Crippen molar-refractivity contribution in [2.75, 3.05) is 0 Å². The van der Waals surface area contributed by atoms with Crippen molar-refractivity contribution in [1.82, 2.24) is 0 Å². The maximum Gasteiger partial charge on any atom is 0.205 e. The van der Waals surface area contributed by atoms with Gasteiger partial charge in [0.1, 0.15) is 0 Å². The number of ketones is 1. The Morgan fingerprint density at radius 1 is 1.40 bits per heavy atom. The highest BCUT2D eigenvalue weighted by Gasteiger charge is 1.94. The van der Waals surface area contributed by atoms with E-state index in [1.807, 2.05) is 0 Å². The molecule has 0 aromatic rings. The smallest absolute Gasteiger partial charge is 0.205 e. The normalized spacial score (nSPS) is 8.80. The van der Waals surface area contributed by atoms with Crippen molar-refractivity contribution in [2.24, 2.45) is 0 Å². The van der Waals surface area contributed by atoms with Gasteiger partial charge in [0.25, 0.3) is 0 Å². The maximum absolute atomic E-state index is 10.5. The van der Waals surface area contributed by atoms with Crippen molar-refractivity contribution < 1.29 is 4.79 Å². The van der Waals surface area contributed by atoms with Gasteiger partial charge in [-0.2, -0.15) is 0 Å². The van der Waals surface area contributed by atoms with E-state index in [4.69, 9.17) is 6.42 Å². The molecule has 56 valence electrons. The van der Waals surface area contributed by atoms with Gasteiger partial charge in [-0.25, -0.2) is 0 Å². The summed E-state index contributed by atoms with van der Waals surface area (Å²) in [6.45, 7) is 2.14. The fourth-order valence-electron chi connectivity index (χ4n) is 0.785. The summed E-state index contributed by atoms with van der Waals surface area (Å²) in [5.74, 6) is 2.04. The first kappa shape index (κ1) is 9.23. The third-order valence-corrected chi connectivity index (χ3v) is 1.42. The van der Waals surface area contributed by atoms with Gasteiger partial charge >= 0.3 is 0 Å². The zero-order chi connectivity index (χ0) is 7.82. The molecule has 10 heavy (non-hydrogen) atoms. The summed E-state index contributed by atoms with van der Waals surface area (Å²) in [6, 6.07) is 0. The number of Topliss-reactive ketones (excluding diaryl/α,β-unsaturated/α-hetero) is 1. The zero-order valence-electron chi connectivity index (χ0n) is 6.52. The van der Waals surface area contributed by atoms with E-state index in [2.05, 4.69) is 12.8 Å². The summed E-state index contributed by atoms with van der Waals surface area (Å²) < 4.78 is 0. The van der Waals surface area contributed by atoms with Crippen molar-refractivity contribution >= 4 is 5.78 Å². The molecule has 0 aromatic carbocycles. The van der Waals surface area contributed by atoms with Crippen LogP contribution in [0.1, 0.15) is 39.0 Å². The molecule has 0 amide bonds. The molecule has 0 bridgehead atoms. The Bertz CT molecular complexity index is 130. The van der Waals surface area contributed by atoms with E-state index in [1.54, 1.807) is 0 Å². The summed E-state index contributed by atoms with van der Waals surface area (Å²) in [6.07, 6.45) is 9.94. The van der Waals surface area contributed by atoms with Crippen molar-refractivity contribution in [3.63, 3.8) is 0 Å². The van der Waals surface area contributed by atoms with Gasteiger partial charge in [-0.15, -0.1) is 6.42 Å². The number of unbranched alkanes of at least 4 members (excludes halogenated alkanes) is 3. The molecule has 0 spiro atoms. The van der Waals surface area contributed by atoms with Crippen LogP contribution in [0.4, 0.5) is 0 Å². The van der Waals surface area contributed by atoms with Gasteiger partial charge in [-0.3, -0.25) is 4.79 Å². The lowest BCUT2D eigenvalue weighted by Crippen LogP contribution is -1.91. The second-order valence-electron chi connectivity index (χ2n) is 2.38. The van der Waals surface area contributed by atoms with E-state index < -0.39 is 0 Å². The highest BCUT2D eigenvalue weighted by Crippen LogP contribution is 2.01. The monoisotopic (exact) mass is 138 g/mol. The predicted molar refractivity (Wildman–Crippen MR) is 42.6 cm³/mol. The van der Waals surface area contributed by atoms with Gasteiger partial charge in [0.15, 0.2) is 0 Å². The van der Waals surface area contributed by atoms with E-state index in [0.29, 0.717) is 6.42 Å². The zero-order valence-corrected chi connectivity index (χ0v) is 6.52. The fraction of sp³-hybridized carbons (Fsp3) is 0.667. The molecule has 0 fully saturated rings. The van der Waals surface area contributed by atoms with E-state index in [0.717, 1.165) is 12.8 Å². The van der Waals surface area contributed by atoms with Crippen LogP contribution in [0.2, 0.25) is 0 Å². The number of carbonyl (C=O) groups is 1. The lowest BCUT2D eigenvalue weighted by molar-refractivity contribution is -0.113. The van der Waals surface area contributed by atoms with E-state index in [-0.39, 0.29) is 5.78 Å². The lowest BCUT2D eigenvalue weighted by atomic mass is 10.1. The number of rotatable bonds is 5. The predicted octanol–water partition coefficient (Wildman–Crippen LogP) is 2.16. The molecule has 0 saturated heterocycles. The number of hydrogen-bond acceptors (Lipinski definition) is 1. The van der Waals surface area contributed by atoms with Crippen LogP contribution in [0, 0.1) is 12.3 Å². The van der Waals surface area contributed by atoms with Crippen LogP contribution >= 0.6 is 0 Å². The number of terminal acetylenes is 1. The molecule has 0 aliphatic carbocycles. The average Bonchev–Trinajstić information content (AvgIpc) is 1.98. The quantitative estimate of drug-likeness (QED) is 0.323. The molecule has 0 rings (SSSR count). The number of hydrogen-bond donors (Lipinski definition) is 0. The SMILES string of the molecule is C#CC(=O)CCCCCC. The van der Waals surface area contributed by atoms with Crippen LogP contribution < -0.4 is 0 Å². The molecule has 1 nitrogen and oxygen atoms in total. The Morgan fingerprint density at radius 3 is 2.60 bits per heavy atom. The minimum atomic E-state index is -0.0592. The highest BCUT2D eigenvalue weighted by molar-refractivity contribution is 5.94. The fourth-order valence-corrected chi connectivity index (χ4v) is 0.785. The van der Waals surface area contributed by atoms with E-state index >= 15 is 0 Å². The topological polar surface area (TPSA) is 17.1 Å². The van der Waals surface area contributed by atoms with Crippen molar-refractivity contribution in [2.45, 2.75) is 39.0 Å². The molecule has 0 atom stereocenters. The second-order valence-corrected chi connectivity index (χ2v) is 2.38. The van der Waals surface area contributed by atoms with Gasteiger partial charge < -0.3 is 0 Å². The Hall–Kier alpha value is -0.770. The molecule has 0 N–H and O–H groups in total. The molecular formula is C9H14O. The second kappa shape index (κ2) is 6.35. The summed E-state index contributed by atoms with van der Waals surface area (Å²) in [5, 5.41) is 0. The molecule has 0 radical (unpaired) electrons. The molecular weight excluding hydrogens is 124 g/mol. The van der Waals surface area contributed by atoms with Crippen molar-refractivity contribution in [3.8, 4) is 12.3 Å². The largest absolute Gasteiger partial charge is 0.285 e. The van der Waals surface area contributed by atoms with Crippen LogP contribution in [0.25, 0.3) is 0 Å². The van der Waals surface area contributed by atoms with Crippen LogP contribution in [0.5, 0.6) is 0 Å². The minimum Gasteiger partial charge on any atom is -0.285 e. The van der Waals surface area contributed by atoms with Gasteiger partial charge in [0, 0.05) is 6.42 Å². The van der Waals surface area contributed by atoms with Crippen LogP contribution in [0.3, 0.4) is 0 Å². The van der Waals surface area contributed by atoms with Gasteiger partial charge in [-0.1, -0.05) is 26.2 Å². The first-order chi connectivity index (χ1) is 4.81. The van der Waals surface area contributed by atoms with E-state index in [1.165, 1.54) is 12.8 Å². The third-order valence-electron chi connectivity index (χ3n) is 1.42. The van der Waals surface area contributed by atoms with Gasteiger partial charge in [0.05, 0.1) is 0 Å². The van der Waals surface area contributed by atoms with E-state index in [9.17, 15) is 4.79 Å². The summed E-state index contributed by atoms with van der Waals surface area (Å²) >= 11 is 0. The first-order valence-corrected chi connectivity index (χ1v) is 3.80. The maximum atomic E-state index is 10.5. The lowest BCUT2D eigenvalue weighted by Gasteiger charge is -1.93. The molecule has 0 aliphatic rings. The number of carbonyl (C=O) groups excluding carboxylic acids is 1. The highest BCUT2D eigenvalue weighted by atomic mass is 16.1. The molecule has 0 aliphatic heterocycles. The summed E-state index contributed by atoms with van der Waals surface area (Å²) in [7, 11) is 0. The Morgan fingerprint density at radius 2 is 2.10 bits per heavy atom. The first-order valence-electron chi connectivity index (χ1n) is 3.80. The Labute approximate surface area is 62.8 Å². The molecule has 1 heteroatoms. The van der Waals surface area contributed by atoms with Gasteiger partial charge in [0.2, 0.25) is 5.78 Å². The van der Waals surface area contributed by atoms with Crippen LogP contribution in [0.15, 0.2) is 0 Å². The van der Waals surface area contributed by atoms with Crippen molar-refractivity contribution in [3.05, 3.63) is 0 Å². The summed E-state index contributed by atoms with van der Waals surface area (Å²) in [4.78, 5) is 10.5. The third kappa shape index (κ3) is 5.37. The Kier molecular flexibility index (Phi) is 5.86. The average molecular weight is 138 g/mol.